The van der Waals surface area contributed by atoms with Crippen LogP contribution in [0.3, 0.4) is 0 Å². The quantitative estimate of drug-likeness (QED) is 0.584. The average molecular weight is 351 g/mol. The number of halogens is 1. The standard InChI is InChI=1S/C19H14FN3O3/c1-10-6-12(7-11(2)16(10)24)17-22-15-9-21-19(23-18(15)26-17)25-14-5-3-4-13(20)8-14/h3-9,24H,1-2H3. The molecule has 0 aliphatic heterocycles. The molecular formula is C19H14FN3O3. The first kappa shape index (κ1) is 16.0. The summed E-state index contributed by atoms with van der Waals surface area (Å²) in [7, 11) is 0. The number of rotatable bonds is 3. The second-order valence-electron chi connectivity index (χ2n) is 5.88. The predicted octanol–water partition coefficient (Wildman–Crippen LogP) is 4.54. The molecule has 130 valence electrons. The van der Waals surface area contributed by atoms with E-state index in [2.05, 4.69) is 15.0 Å². The van der Waals surface area contributed by atoms with Gasteiger partial charge < -0.3 is 14.3 Å². The number of aromatic nitrogens is 3. The van der Waals surface area contributed by atoms with Gasteiger partial charge in [-0.15, -0.1) is 0 Å². The molecule has 0 aliphatic carbocycles. The molecule has 0 fully saturated rings. The largest absolute Gasteiger partial charge is 0.507 e. The first-order valence-electron chi connectivity index (χ1n) is 7.87. The summed E-state index contributed by atoms with van der Waals surface area (Å²) in [4.78, 5) is 12.6. The van der Waals surface area contributed by atoms with Gasteiger partial charge in [0.05, 0.1) is 6.20 Å². The summed E-state index contributed by atoms with van der Waals surface area (Å²) in [5.74, 6) is 0.483. The maximum absolute atomic E-state index is 13.2. The summed E-state index contributed by atoms with van der Waals surface area (Å²) >= 11 is 0. The number of phenols is 1. The number of ether oxygens (including phenoxy) is 1. The van der Waals surface area contributed by atoms with Crippen molar-refractivity contribution in [2.24, 2.45) is 0 Å². The van der Waals surface area contributed by atoms with Gasteiger partial charge in [-0.25, -0.2) is 14.4 Å². The second-order valence-corrected chi connectivity index (χ2v) is 5.88. The Kier molecular flexibility index (Phi) is 3.76. The summed E-state index contributed by atoms with van der Waals surface area (Å²) in [6, 6.07) is 9.29. The number of hydrogen-bond acceptors (Lipinski definition) is 6. The molecule has 0 spiro atoms. The van der Waals surface area contributed by atoms with Crippen LogP contribution in [-0.2, 0) is 0 Å². The van der Waals surface area contributed by atoms with E-state index < -0.39 is 5.82 Å². The Bertz CT molecular complexity index is 1100. The number of fused-ring (bicyclic) bond motifs is 1. The number of hydrogen-bond donors (Lipinski definition) is 1. The molecule has 2 aromatic heterocycles. The zero-order valence-electron chi connectivity index (χ0n) is 14.0. The molecule has 1 N–H and O–H groups in total. The fourth-order valence-electron chi connectivity index (χ4n) is 2.61. The Balaban J connectivity index is 1.70. The van der Waals surface area contributed by atoms with Crippen LogP contribution >= 0.6 is 0 Å². The summed E-state index contributed by atoms with van der Waals surface area (Å²) in [5, 5.41) is 9.90. The maximum Gasteiger partial charge on any atom is 0.325 e. The molecular weight excluding hydrogens is 337 g/mol. The number of benzene rings is 2. The van der Waals surface area contributed by atoms with Gasteiger partial charge in [-0.05, 0) is 49.2 Å². The van der Waals surface area contributed by atoms with Crippen LogP contribution in [0.15, 0.2) is 47.0 Å². The Morgan fingerprint density at radius 3 is 2.58 bits per heavy atom. The van der Waals surface area contributed by atoms with Crippen molar-refractivity contribution in [1.29, 1.82) is 0 Å². The van der Waals surface area contributed by atoms with E-state index in [1.165, 1.54) is 24.4 Å². The van der Waals surface area contributed by atoms with Crippen LogP contribution in [0, 0.1) is 19.7 Å². The molecule has 2 aromatic carbocycles. The molecule has 0 saturated heterocycles. The van der Waals surface area contributed by atoms with Gasteiger partial charge in [-0.2, -0.15) is 4.98 Å². The van der Waals surface area contributed by atoms with Gasteiger partial charge in [-0.3, -0.25) is 0 Å². The van der Waals surface area contributed by atoms with Crippen LogP contribution in [0.2, 0.25) is 0 Å². The van der Waals surface area contributed by atoms with E-state index in [1.54, 1.807) is 32.0 Å². The third kappa shape index (κ3) is 2.95. The van der Waals surface area contributed by atoms with Crippen LogP contribution < -0.4 is 4.74 Å². The minimum absolute atomic E-state index is 0.0314. The molecule has 0 radical (unpaired) electrons. The Hall–Kier alpha value is -3.48. The lowest BCUT2D eigenvalue weighted by Gasteiger charge is -2.04. The maximum atomic E-state index is 13.2. The van der Waals surface area contributed by atoms with E-state index in [1.807, 2.05) is 0 Å². The highest BCUT2D eigenvalue weighted by atomic mass is 19.1. The third-order valence-electron chi connectivity index (χ3n) is 3.87. The molecule has 26 heavy (non-hydrogen) atoms. The molecule has 0 amide bonds. The lowest BCUT2D eigenvalue weighted by atomic mass is 10.1. The molecule has 0 unspecified atom stereocenters. The first-order chi connectivity index (χ1) is 12.5. The van der Waals surface area contributed by atoms with Crippen molar-refractivity contribution in [2.45, 2.75) is 13.8 Å². The molecule has 7 heteroatoms. The fourth-order valence-corrected chi connectivity index (χ4v) is 2.61. The predicted molar refractivity (Wildman–Crippen MR) is 92.6 cm³/mol. The molecule has 0 bridgehead atoms. The Morgan fingerprint density at radius 1 is 1.08 bits per heavy atom. The number of nitrogens with zero attached hydrogens (tertiary/aromatic N) is 3. The fraction of sp³-hybridized carbons (Fsp3) is 0.105. The van der Waals surface area contributed by atoms with Crippen LogP contribution in [-0.4, -0.2) is 20.1 Å². The van der Waals surface area contributed by atoms with Crippen molar-refractivity contribution in [3.05, 3.63) is 59.5 Å². The van der Waals surface area contributed by atoms with Crippen LogP contribution in [0.1, 0.15) is 11.1 Å². The summed E-state index contributed by atoms with van der Waals surface area (Å²) in [6.45, 7) is 3.61. The van der Waals surface area contributed by atoms with Gasteiger partial charge in [0.15, 0.2) is 0 Å². The first-order valence-corrected chi connectivity index (χ1v) is 7.87. The smallest absolute Gasteiger partial charge is 0.325 e. The molecule has 2 heterocycles. The summed E-state index contributed by atoms with van der Waals surface area (Å²) in [6.07, 6.45) is 1.48. The third-order valence-corrected chi connectivity index (χ3v) is 3.87. The molecule has 0 saturated carbocycles. The normalized spacial score (nSPS) is 11.0. The van der Waals surface area contributed by atoms with Crippen molar-refractivity contribution in [3.8, 4) is 29.0 Å². The van der Waals surface area contributed by atoms with Gasteiger partial charge in [0.2, 0.25) is 5.89 Å². The zero-order valence-corrected chi connectivity index (χ0v) is 14.0. The number of aryl methyl sites for hydroxylation is 2. The number of aromatic hydroxyl groups is 1. The van der Waals surface area contributed by atoms with E-state index in [0.29, 0.717) is 11.4 Å². The van der Waals surface area contributed by atoms with Gasteiger partial charge >= 0.3 is 6.01 Å². The highest BCUT2D eigenvalue weighted by molar-refractivity contribution is 5.72. The summed E-state index contributed by atoms with van der Waals surface area (Å²) in [5.41, 5.74) is 2.90. The van der Waals surface area contributed by atoms with Crippen molar-refractivity contribution >= 4 is 11.2 Å². The van der Waals surface area contributed by atoms with Crippen molar-refractivity contribution in [3.63, 3.8) is 0 Å². The van der Waals surface area contributed by atoms with Gasteiger partial charge in [0.25, 0.3) is 5.71 Å². The van der Waals surface area contributed by atoms with E-state index in [0.717, 1.165) is 16.7 Å². The Morgan fingerprint density at radius 2 is 1.85 bits per heavy atom. The number of oxazole rings is 1. The molecule has 0 aliphatic rings. The number of phenolic OH excluding ortho intramolecular Hbond substituents is 1. The van der Waals surface area contributed by atoms with Crippen molar-refractivity contribution < 1.29 is 18.7 Å². The second kappa shape index (κ2) is 6.11. The van der Waals surface area contributed by atoms with Gasteiger partial charge in [0, 0.05) is 11.6 Å². The lowest BCUT2D eigenvalue weighted by Crippen LogP contribution is -1.91. The van der Waals surface area contributed by atoms with Gasteiger partial charge in [-0.1, -0.05) is 6.07 Å². The van der Waals surface area contributed by atoms with Crippen molar-refractivity contribution in [2.75, 3.05) is 0 Å². The minimum atomic E-state index is -0.413. The molecule has 4 aromatic rings. The van der Waals surface area contributed by atoms with Crippen LogP contribution in [0.4, 0.5) is 4.39 Å². The van der Waals surface area contributed by atoms with Gasteiger partial charge in [0.1, 0.15) is 22.8 Å². The monoisotopic (exact) mass is 351 g/mol. The van der Waals surface area contributed by atoms with E-state index in [9.17, 15) is 9.50 Å². The molecule has 4 rings (SSSR count). The highest BCUT2D eigenvalue weighted by Crippen LogP contribution is 2.30. The lowest BCUT2D eigenvalue weighted by molar-refractivity contribution is 0.436. The van der Waals surface area contributed by atoms with E-state index in [4.69, 9.17) is 9.15 Å². The topological polar surface area (TPSA) is 81.3 Å². The van der Waals surface area contributed by atoms with E-state index >= 15 is 0 Å². The average Bonchev–Trinajstić information content (AvgIpc) is 3.02. The van der Waals surface area contributed by atoms with Crippen LogP contribution in [0.25, 0.3) is 22.7 Å². The molecule has 6 nitrogen and oxygen atoms in total. The highest BCUT2D eigenvalue weighted by Gasteiger charge is 2.14. The zero-order chi connectivity index (χ0) is 18.3. The van der Waals surface area contributed by atoms with E-state index in [-0.39, 0.29) is 23.2 Å². The SMILES string of the molecule is Cc1cc(-c2nc3cnc(Oc4cccc(F)c4)nc3o2)cc(C)c1O. The summed E-state index contributed by atoms with van der Waals surface area (Å²) < 4.78 is 24.4. The van der Waals surface area contributed by atoms with Crippen LogP contribution in [0.5, 0.6) is 17.5 Å². The molecule has 0 atom stereocenters. The minimum Gasteiger partial charge on any atom is -0.507 e. The van der Waals surface area contributed by atoms with Crippen molar-refractivity contribution in [1.82, 2.24) is 15.0 Å². The Labute approximate surface area is 147 Å².